The fourth-order valence-electron chi connectivity index (χ4n) is 3.21. The number of aryl methyl sites for hydroxylation is 1. The van der Waals surface area contributed by atoms with E-state index in [9.17, 15) is 0 Å². The minimum Gasteiger partial charge on any atom is -0.497 e. The first-order valence-corrected chi connectivity index (χ1v) is 8.62. The molecule has 1 saturated heterocycles. The van der Waals surface area contributed by atoms with E-state index in [0.29, 0.717) is 5.92 Å². The third-order valence-corrected chi connectivity index (χ3v) is 4.57. The topological polar surface area (TPSA) is 59.1 Å². The van der Waals surface area contributed by atoms with Gasteiger partial charge in [-0.05, 0) is 57.5 Å². The molecular formula is C19H26N4O. The number of hydrogen-bond acceptors (Lipinski definition) is 5. The van der Waals surface area contributed by atoms with Crippen LogP contribution < -0.4 is 15.4 Å². The summed E-state index contributed by atoms with van der Waals surface area (Å²) in [6.07, 6.45) is 2.28. The zero-order valence-electron chi connectivity index (χ0n) is 14.7. The van der Waals surface area contributed by atoms with Crippen molar-refractivity contribution in [3.05, 3.63) is 47.4 Å². The number of piperidine rings is 1. The average molecular weight is 326 g/mol. The van der Waals surface area contributed by atoms with Crippen molar-refractivity contribution >= 4 is 5.82 Å². The molecule has 24 heavy (non-hydrogen) atoms. The molecule has 5 heteroatoms. The van der Waals surface area contributed by atoms with E-state index < -0.39 is 0 Å². The third kappa shape index (κ3) is 4.03. The Labute approximate surface area is 143 Å². The van der Waals surface area contributed by atoms with Gasteiger partial charge in [-0.2, -0.15) is 0 Å². The monoisotopic (exact) mass is 326 g/mol. The summed E-state index contributed by atoms with van der Waals surface area (Å²) in [6.45, 7) is 6.23. The van der Waals surface area contributed by atoms with Crippen LogP contribution in [0.3, 0.4) is 0 Å². The number of rotatable bonds is 5. The minimum atomic E-state index is 0.148. The number of methoxy groups -OCH3 is 1. The smallest absolute Gasteiger partial charge is 0.130 e. The lowest BCUT2D eigenvalue weighted by atomic mass is 9.94. The molecule has 1 aliphatic rings. The summed E-state index contributed by atoms with van der Waals surface area (Å²) in [7, 11) is 1.69. The Morgan fingerprint density at radius 1 is 1.21 bits per heavy atom. The highest BCUT2D eigenvalue weighted by atomic mass is 16.5. The molecule has 0 bridgehead atoms. The van der Waals surface area contributed by atoms with Crippen molar-refractivity contribution in [2.24, 2.45) is 0 Å². The lowest BCUT2D eigenvalue weighted by molar-refractivity contribution is 0.414. The molecule has 0 amide bonds. The van der Waals surface area contributed by atoms with Crippen molar-refractivity contribution < 1.29 is 4.74 Å². The molecule has 1 aromatic carbocycles. The molecule has 3 rings (SSSR count). The molecule has 1 fully saturated rings. The minimum absolute atomic E-state index is 0.148. The van der Waals surface area contributed by atoms with Gasteiger partial charge >= 0.3 is 0 Å². The van der Waals surface area contributed by atoms with Gasteiger partial charge < -0.3 is 15.4 Å². The lowest BCUT2D eigenvalue weighted by Crippen LogP contribution is -2.27. The number of nitrogens with zero attached hydrogens (tertiary/aromatic N) is 2. The predicted octanol–water partition coefficient (Wildman–Crippen LogP) is 3.43. The second-order valence-corrected chi connectivity index (χ2v) is 6.39. The fraction of sp³-hybridized carbons (Fsp3) is 0.474. The van der Waals surface area contributed by atoms with Crippen LogP contribution in [0, 0.1) is 6.92 Å². The van der Waals surface area contributed by atoms with E-state index >= 15 is 0 Å². The molecule has 5 nitrogen and oxygen atoms in total. The summed E-state index contributed by atoms with van der Waals surface area (Å²) < 4.78 is 5.31. The van der Waals surface area contributed by atoms with Crippen molar-refractivity contribution in [3.8, 4) is 5.75 Å². The molecule has 0 radical (unpaired) electrons. The molecule has 2 N–H and O–H groups in total. The van der Waals surface area contributed by atoms with Crippen LogP contribution in [0.25, 0.3) is 0 Å². The molecule has 0 spiro atoms. The van der Waals surface area contributed by atoms with Crippen LogP contribution in [0.5, 0.6) is 5.75 Å². The van der Waals surface area contributed by atoms with Gasteiger partial charge in [-0.25, -0.2) is 9.97 Å². The van der Waals surface area contributed by atoms with E-state index in [1.807, 2.05) is 19.1 Å². The van der Waals surface area contributed by atoms with E-state index in [0.717, 1.165) is 49.0 Å². The molecule has 2 heterocycles. The van der Waals surface area contributed by atoms with Crippen LogP contribution in [-0.2, 0) is 0 Å². The Hall–Kier alpha value is -2.14. The van der Waals surface area contributed by atoms with E-state index in [1.54, 1.807) is 7.11 Å². The van der Waals surface area contributed by atoms with Crippen molar-refractivity contribution in [2.45, 2.75) is 38.6 Å². The number of hydrogen-bond donors (Lipinski definition) is 2. The standard InChI is InChI=1S/C19H26N4O/c1-13(16-5-4-6-17(11-16)24-3)21-19-12-18(22-14(2)23-19)15-7-9-20-10-8-15/h4-6,11-13,15,20H,7-10H2,1-3H3,(H,21,22,23)/t13-/m1/s1. The van der Waals surface area contributed by atoms with E-state index in [2.05, 4.69) is 45.7 Å². The first-order valence-electron chi connectivity index (χ1n) is 8.62. The maximum atomic E-state index is 5.31. The van der Waals surface area contributed by atoms with Crippen LogP contribution in [-0.4, -0.2) is 30.2 Å². The zero-order valence-corrected chi connectivity index (χ0v) is 14.7. The molecule has 0 aliphatic carbocycles. The molecule has 1 atom stereocenters. The average Bonchev–Trinajstić information content (AvgIpc) is 2.62. The summed E-state index contributed by atoms with van der Waals surface area (Å²) in [5.74, 6) is 3.12. The fourth-order valence-corrected chi connectivity index (χ4v) is 3.21. The summed E-state index contributed by atoms with van der Waals surface area (Å²) in [4.78, 5) is 9.23. The first kappa shape index (κ1) is 16.7. The summed E-state index contributed by atoms with van der Waals surface area (Å²) in [5.41, 5.74) is 2.33. The Morgan fingerprint density at radius 3 is 2.75 bits per heavy atom. The second kappa shape index (κ2) is 7.62. The van der Waals surface area contributed by atoms with Crippen molar-refractivity contribution in [1.82, 2.24) is 15.3 Å². The zero-order chi connectivity index (χ0) is 16.9. The highest BCUT2D eigenvalue weighted by molar-refractivity contribution is 5.41. The quantitative estimate of drug-likeness (QED) is 0.881. The van der Waals surface area contributed by atoms with Crippen LogP contribution in [0.4, 0.5) is 5.82 Å². The van der Waals surface area contributed by atoms with Crippen molar-refractivity contribution in [2.75, 3.05) is 25.5 Å². The Balaban J connectivity index is 1.77. The Morgan fingerprint density at radius 2 is 2.00 bits per heavy atom. The predicted molar refractivity (Wildman–Crippen MR) is 96.6 cm³/mol. The third-order valence-electron chi connectivity index (χ3n) is 4.57. The van der Waals surface area contributed by atoms with Gasteiger partial charge in [-0.3, -0.25) is 0 Å². The highest BCUT2D eigenvalue weighted by Gasteiger charge is 2.18. The SMILES string of the molecule is COc1cccc([C@@H](C)Nc2cc(C3CCNCC3)nc(C)n2)c1. The van der Waals surface area contributed by atoms with Crippen LogP contribution >= 0.6 is 0 Å². The summed E-state index contributed by atoms with van der Waals surface area (Å²) in [6, 6.07) is 10.4. The molecule has 1 aliphatic heterocycles. The van der Waals surface area contributed by atoms with E-state index in [1.165, 1.54) is 5.56 Å². The van der Waals surface area contributed by atoms with Gasteiger partial charge in [0.1, 0.15) is 17.4 Å². The van der Waals surface area contributed by atoms with Crippen molar-refractivity contribution in [1.29, 1.82) is 0 Å². The molecule has 0 unspecified atom stereocenters. The second-order valence-electron chi connectivity index (χ2n) is 6.39. The van der Waals surface area contributed by atoms with Gasteiger partial charge in [0.25, 0.3) is 0 Å². The normalized spacial score (nSPS) is 16.6. The maximum absolute atomic E-state index is 5.31. The van der Waals surface area contributed by atoms with Gasteiger partial charge in [0.05, 0.1) is 13.2 Å². The molecule has 1 aromatic heterocycles. The van der Waals surface area contributed by atoms with Crippen LogP contribution in [0.15, 0.2) is 30.3 Å². The molecule has 0 saturated carbocycles. The largest absolute Gasteiger partial charge is 0.497 e. The van der Waals surface area contributed by atoms with Gasteiger partial charge in [0.2, 0.25) is 0 Å². The van der Waals surface area contributed by atoms with Crippen LogP contribution in [0.2, 0.25) is 0 Å². The Bertz CT molecular complexity index is 683. The number of anilines is 1. The number of ether oxygens (including phenoxy) is 1. The number of aromatic nitrogens is 2. The Kier molecular flexibility index (Phi) is 5.30. The maximum Gasteiger partial charge on any atom is 0.130 e. The summed E-state index contributed by atoms with van der Waals surface area (Å²) in [5, 5.41) is 6.91. The highest BCUT2D eigenvalue weighted by Crippen LogP contribution is 2.27. The van der Waals surface area contributed by atoms with Crippen LogP contribution in [0.1, 0.15) is 48.8 Å². The van der Waals surface area contributed by atoms with Gasteiger partial charge in [-0.15, -0.1) is 0 Å². The summed E-state index contributed by atoms with van der Waals surface area (Å²) >= 11 is 0. The molecule has 128 valence electrons. The van der Waals surface area contributed by atoms with Gasteiger partial charge in [0, 0.05) is 17.7 Å². The number of nitrogens with one attached hydrogen (secondary N) is 2. The van der Waals surface area contributed by atoms with E-state index in [4.69, 9.17) is 4.74 Å². The lowest BCUT2D eigenvalue weighted by Gasteiger charge is -2.23. The van der Waals surface area contributed by atoms with Gasteiger partial charge in [0.15, 0.2) is 0 Å². The number of benzene rings is 1. The molecular weight excluding hydrogens is 300 g/mol. The molecule has 2 aromatic rings. The first-order chi connectivity index (χ1) is 11.7. The van der Waals surface area contributed by atoms with E-state index in [-0.39, 0.29) is 6.04 Å². The van der Waals surface area contributed by atoms with Gasteiger partial charge in [-0.1, -0.05) is 12.1 Å². The van der Waals surface area contributed by atoms with Crippen molar-refractivity contribution in [3.63, 3.8) is 0 Å².